The van der Waals surface area contributed by atoms with Crippen molar-refractivity contribution in [1.29, 1.82) is 0 Å². The first-order valence-electron chi connectivity index (χ1n) is 6.10. The van der Waals surface area contributed by atoms with E-state index in [9.17, 15) is 9.18 Å². The van der Waals surface area contributed by atoms with Crippen molar-refractivity contribution in [3.05, 3.63) is 24.0 Å². The highest BCUT2D eigenvalue weighted by Crippen LogP contribution is 2.19. The Morgan fingerprint density at radius 3 is 2.85 bits per heavy atom. The second-order valence-electron chi connectivity index (χ2n) is 4.58. The molecule has 0 radical (unpaired) electrons. The van der Waals surface area contributed by atoms with Crippen LogP contribution in [0.4, 0.5) is 10.3 Å². The summed E-state index contributed by atoms with van der Waals surface area (Å²) in [6.45, 7) is 2.42. The molecule has 1 unspecified atom stereocenters. The minimum absolute atomic E-state index is 0. The molecule has 2 aromatic rings. The van der Waals surface area contributed by atoms with Gasteiger partial charge in [-0.25, -0.2) is 9.37 Å². The van der Waals surface area contributed by atoms with Gasteiger partial charge in [-0.3, -0.25) is 10.1 Å². The SMILES string of the molecule is CNCC(C)C(=O)Nc1nc2cc(F)ccc2n1C.Cl. The van der Waals surface area contributed by atoms with E-state index in [-0.39, 0.29) is 30.0 Å². The molecule has 0 aliphatic heterocycles. The Morgan fingerprint density at radius 2 is 2.20 bits per heavy atom. The van der Waals surface area contributed by atoms with Crippen molar-refractivity contribution >= 4 is 35.3 Å². The van der Waals surface area contributed by atoms with Crippen LogP contribution in [0.25, 0.3) is 11.0 Å². The third-order valence-electron chi connectivity index (χ3n) is 3.04. The lowest BCUT2D eigenvalue weighted by Gasteiger charge is -2.11. The van der Waals surface area contributed by atoms with Crippen LogP contribution in [0.1, 0.15) is 6.92 Å². The number of aryl methyl sites for hydroxylation is 1. The number of amides is 1. The highest BCUT2D eigenvalue weighted by Gasteiger charge is 2.15. The molecular weight excluding hydrogens is 283 g/mol. The highest BCUT2D eigenvalue weighted by molar-refractivity contribution is 5.93. The Kier molecular flexibility index (Phi) is 5.47. The lowest BCUT2D eigenvalue weighted by molar-refractivity contribution is -0.119. The molecule has 1 aromatic carbocycles. The Hall–Kier alpha value is -1.66. The van der Waals surface area contributed by atoms with Crippen molar-refractivity contribution in [2.45, 2.75) is 6.92 Å². The van der Waals surface area contributed by atoms with Gasteiger partial charge in [0.1, 0.15) is 5.82 Å². The molecule has 0 saturated heterocycles. The number of fused-ring (bicyclic) bond motifs is 1. The van der Waals surface area contributed by atoms with Crippen molar-refractivity contribution in [2.75, 3.05) is 18.9 Å². The van der Waals surface area contributed by atoms with Crippen molar-refractivity contribution < 1.29 is 9.18 Å². The van der Waals surface area contributed by atoms with Crippen LogP contribution in [0.15, 0.2) is 18.2 Å². The third-order valence-corrected chi connectivity index (χ3v) is 3.04. The molecule has 0 aliphatic carbocycles. The maximum Gasteiger partial charge on any atom is 0.230 e. The average molecular weight is 301 g/mol. The second kappa shape index (κ2) is 6.67. The lowest BCUT2D eigenvalue weighted by atomic mass is 10.2. The molecule has 0 fully saturated rings. The van der Waals surface area contributed by atoms with E-state index in [1.54, 1.807) is 24.7 Å². The van der Waals surface area contributed by atoms with E-state index in [1.165, 1.54) is 12.1 Å². The molecule has 5 nitrogen and oxygen atoms in total. The van der Waals surface area contributed by atoms with Gasteiger partial charge < -0.3 is 9.88 Å². The fraction of sp³-hybridized carbons (Fsp3) is 0.385. The Bertz CT molecular complexity index is 614. The number of rotatable bonds is 4. The van der Waals surface area contributed by atoms with E-state index in [4.69, 9.17) is 0 Å². The van der Waals surface area contributed by atoms with Crippen LogP contribution >= 0.6 is 12.4 Å². The maximum absolute atomic E-state index is 13.1. The van der Waals surface area contributed by atoms with Crippen molar-refractivity contribution in [1.82, 2.24) is 14.9 Å². The minimum atomic E-state index is -0.341. The van der Waals surface area contributed by atoms with Crippen molar-refractivity contribution in [3.8, 4) is 0 Å². The summed E-state index contributed by atoms with van der Waals surface area (Å²) in [6.07, 6.45) is 0. The third kappa shape index (κ3) is 3.26. The van der Waals surface area contributed by atoms with Crippen LogP contribution in [0.5, 0.6) is 0 Å². The van der Waals surface area contributed by atoms with Crippen molar-refractivity contribution in [3.63, 3.8) is 0 Å². The zero-order chi connectivity index (χ0) is 14.0. The number of nitrogens with zero attached hydrogens (tertiary/aromatic N) is 2. The molecule has 7 heteroatoms. The molecule has 110 valence electrons. The summed E-state index contributed by atoms with van der Waals surface area (Å²) < 4.78 is 14.9. The molecule has 2 N–H and O–H groups in total. The van der Waals surface area contributed by atoms with E-state index in [0.717, 1.165) is 5.52 Å². The van der Waals surface area contributed by atoms with Gasteiger partial charge in [-0.15, -0.1) is 12.4 Å². The van der Waals surface area contributed by atoms with Crippen LogP contribution in [-0.4, -0.2) is 29.1 Å². The second-order valence-corrected chi connectivity index (χ2v) is 4.58. The first-order valence-corrected chi connectivity index (χ1v) is 6.10. The number of nitrogens with one attached hydrogen (secondary N) is 2. The molecule has 2 rings (SSSR count). The van der Waals surface area contributed by atoms with Crippen LogP contribution < -0.4 is 10.6 Å². The van der Waals surface area contributed by atoms with E-state index in [2.05, 4.69) is 15.6 Å². The number of carbonyl (C=O) groups is 1. The van der Waals surface area contributed by atoms with Gasteiger partial charge in [0.2, 0.25) is 11.9 Å². The summed E-state index contributed by atoms with van der Waals surface area (Å²) >= 11 is 0. The fourth-order valence-corrected chi connectivity index (χ4v) is 1.92. The first-order chi connectivity index (χ1) is 9.02. The smallest absolute Gasteiger partial charge is 0.230 e. The zero-order valence-electron chi connectivity index (χ0n) is 11.6. The number of hydrogen-bond donors (Lipinski definition) is 2. The number of aromatic nitrogens is 2. The van der Waals surface area contributed by atoms with Crippen LogP contribution in [0.3, 0.4) is 0 Å². The quantitative estimate of drug-likeness (QED) is 0.907. The number of imidazole rings is 1. The Balaban J connectivity index is 0.00000200. The van der Waals surface area contributed by atoms with Gasteiger partial charge in [-0.2, -0.15) is 0 Å². The van der Waals surface area contributed by atoms with Crippen molar-refractivity contribution in [2.24, 2.45) is 13.0 Å². The average Bonchev–Trinajstić information content (AvgIpc) is 2.66. The molecule has 20 heavy (non-hydrogen) atoms. The summed E-state index contributed by atoms with van der Waals surface area (Å²) in [5.41, 5.74) is 1.30. The van der Waals surface area contributed by atoms with E-state index in [0.29, 0.717) is 18.0 Å². The largest absolute Gasteiger partial charge is 0.319 e. The molecule has 0 bridgehead atoms. The van der Waals surface area contributed by atoms with Gasteiger partial charge in [0, 0.05) is 25.6 Å². The number of hydrogen-bond acceptors (Lipinski definition) is 3. The van der Waals surface area contributed by atoms with Gasteiger partial charge in [0.15, 0.2) is 0 Å². The fourth-order valence-electron chi connectivity index (χ4n) is 1.92. The maximum atomic E-state index is 13.1. The zero-order valence-corrected chi connectivity index (χ0v) is 12.4. The minimum Gasteiger partial charge on any atom is -0.319 e. The van der Waals surface area contributed by atoms with Gasteiger partial charge in [0.05, 0.1) is 11.0 Å². The summed E-state index contributed by atoms with van der Waals surface area (Å²) in [6, 6.07) is 4.37. The van der Waals surface area contributed by atoms with Gasteiger partial charge in [-0.05, 0) is 19.2 Å². The topological polar surface area (TPSA) is 59.0 Å². The van der Waals surface area contributed by atoms with E-state index < -0.39 is 0 Å². The molecule has 1 amide bonds. The summed E-state index contributed by atoms with van der Waals surface area (Å²) in [5.74, 6) is -0.199. The molecule has 0 spiro atoms. The summed E-state index contributed by atoms with van der Waals surface area (Å²) in [7, 11) is 3.58. The standard InChI is InChI=1S/C13H17FN4O.ClH/c1-8(7-15-2)12(19)17-13-16-10-6-9(14)4-5-11(10)18(13)3;/h4-6,8,15H,7H2,1-3H3,(H,16,17,19);1H. The number of carbonyl (C=O) groups excluding carboxylic acids is 1. The number of halogens is 2. The molecule has 1 aromatic heterocycles. The van der Waals surface area contributed by atoms with E-state index in [1.807, 2.05) is 6.92 Å². The molecular formula is C13H18ClFN4O. The van der Waals surface area contributed by atoms with Gasteiger partial charge >= 0.3 is 0 Å². The lowest BCUT2D eigenvalue weighted by Crippen LogP contribution is -2.29. The predicted octanol–water partition coefficient (Wildman–Crippen LogP) is 1.93. The van der Waals surface area contributed by atoms with Crippen LogP contribution in [0.2, 0.25) is 0 Å². The summed E-state index contributed by atoms with van der Waals surface area (Å²) in [4.78, 5) is 16.1. The van der Waals surface area contributed by atoms with Gasteiger partial charge in [-0.1, -0.05) is 6.92 Å². The number of anilines is 1. The molecule has 0 saturated carbocycles. The summed E-state index contributed by atoms with van der Waals surface area (Å²) in [5, 5.41) is 5.70. The van der Waals surface area contributed by atoms with Crippen LogP contribution in [-0.2, 0) is 11.8 Å². The number of benzene rings is 1. The van der Waals surface area contributed by atoms with Gasteiger partial charge in [0.25, 0.3) is 0 Å². The van der Waals surface area contributed by atoms with E-state index >= 15 is 0 Å². The monoisotopic (exact) mass is 300 g/mol. The molecule has 0 aliphatic rings. The predicted molar refractivity (Wildman–Crippen MR) is 79.6 cm³/mol. The highest BCUT2D eigenvalue weighted by atomic mass is 35.5. The molecule has 1 atom stereocenters. The Morgan fingerprint density at radius 1 is 1.50 bits per heavy atom. The Labute approximate surface area is 123 Å². The van der Waals surface area contributed by atoms with Crippen LogP contribution in [0, 0.1) is 11.7 Å². The normalized spacial score (nSPS) is 12.0. The first kappa shape index (κ1) is 16.4. The molecule has 1 heterocycles.